The molecule has 2 N–H and O–H groups in total. The van der Waals surface area contributed by atoms with Crippen LogP contribution in [-0.2, 0) is 16.0 Å². The summed E-state index contributed by atoms with van der Waals surface area (Å²) in [6.07, 6.45) is 3.99. The van der Waals surface area contributed by atoms with Crippen LogP contribution in [0, 0.1) is 0 Å². The van der Waals surface area contributed by atoms with Crippen LogP contribution in [0.1, 0.15) is 38.2 Å². The maximum Gasteiger partial charge on any atom is 0.157 e. The summed E-state index contributed by atoms with van der Waals surface area (Å²) in [6, 6.07) is 10.2. The minimum absolute atomic E-state index is 0.0594. The largest absolute Gasteiger partial charge is 0.394 e. The van der Waals surface area contributed by atoms with E-state index in [1.165, 1.54) is 12.0 Å². The average Bonchev–Trinajstić information content (AvgIpc) is 2.55. The molecule has 0 amide bonds. The highest BCUT2D eigenvalue weighted by molar-refractivity contribution is 5.14. The Bertz CT molecular complexity index is 392. The SMILES string of the molecule is CC(CO)(CCOC1CCCCO1)NCc1ccccc1. The molecule has 21 heavy (non-hydrogen) atoms. The number of aliphatic hydroxyl groups excluding tert-OH is 1. The Kier molecular flexibility index (Phi) is 6.64. The lowest BCUT2D eigenvalue weighted by Gasteiger charge is -2.30. The fourth-order valence-corrected chi connectivity index (χ4v) is 2.39. The monoisotopic (exact) mass is 293 g/mol. The summed E-state index contributed by atoms with van der Waals surface area (Å²) in [5.41, 5.74) is 0.888. The quantitative estimate of drug-likeness (QED) is 0.773. The van der Waals surface area contributed by atoms with Crippen molar-refractivity contribution in [1.29, 1.82) is 0 Å². The molecule has 1 aliphatic heterocycles. The van der Waals surface area contributed by atoms with Gasteiger partial charge in [-0.05, 0) is 38.2 Å². The summed E-state index contributed by atoms with van der Waals surface area (Å²) in [7, 11) is 0. The number of benzene rings is 1. The second kappa shape index (κ2) is 8.49. The highest BCUT2D eigenvalue weighted by Gasteiger charge is 2.23. The second-order valence-corrected chi connectivity index (χ2v) is 5.97. The van der Waals surface area contributed by atoms with Crippen molar-refractivity contribution in [1.82, 2.24) is 5.32 Å². The average molecular weight is 293 g/mol. The lowest BCUT2D eigenvalue weighted by molar-refractivity contribution is -0.165. The van der Waals surface area contributed by atoms with E-state index in [0.29, 0.717) is 6.61 Å². The Morgan fingerprint density at radius 3 is 2.81 bits per heavy atom. The van der Waals surface area contributed by atoms with Gasteiger partial charge in [-0.2, -0.15) is 0 Å². The van der Waals surface area contributed by atoms with Crippen LogP contribution in [0.15, 0.2) is 30.3 Å². The summed E-state index contributed by atoms with van der Waals surface area (Å²) in [5.74, 6) is 0. The van der Waals surface area contributed by atoms with Gasteiger partial charge >= 0.3 is 0 Å². The molecule has 1 aromatic carbocycles. The molecule has 1 fully saturated rings. The molecule has 0 spiro atoms. The number of rotatable bonds is 8. The van der Waals surface area contributed by atoms with E-state index in [0.717, 1.165) is 32.4 Å². The van der Waals surface area contributed by atoms with Gasteiger partial charge in [0, 0.05) is 18.7 Å². The van der Waals surface area contributed by atoms with Gasteiger partial charge in [0.2, 0.25) is 0 Å². The van der Waals surface area contributed by atoms with Crippen molar-refractivity contribution in [3.8, 4) is 0 Å². The van der Waals surface area contributed by atoms with Crippen LogP contribution >= 0.6 is 0 Å². The van der Waals surface area contributed by atoms with Crippen LogP contribution in [0.5, 0.6) is 0 Å². The molecule has 118 valence electrons. The van der Waals surface area contributed by atoms with Crippen LogP contribution in [-0.4, -0.2) is 36.8 Å². The van der Waals surface area contributed by atoms with Gasteiger partial charge in [0.15, 0.2) is 6.29 Å². The van der Waals surface area contributed by atoms with E-state index in [1.807, 2.05) is 25.1 Å². The summed E-state index contributed by atoms with van der Waals surface area (Å²) in [6.45, 7) is 4.27. The van der Waals surface area contributed by atoms with E-state index in [2.05, 4.69) is 17.4 Å². The van der Waals surface area contributed by atoms with Gasteiger partial charge in [-0.25, -0.2) is 0 Å². The van der Waals surface area contributed by atoms with Crippen molar-refractivity contribution in [2.75, 3.05) is 19.8 Å². The smallest absolute Gasteiger partial charge is 0.157 e. The molecule has 0 saturated carbocycles. The Labute approximate surface area is 127 Å². The summed E-state index contributed by atoms with van der Waals surface area (Å²) in [5, 5.41) is 13.1. The summed E-state index contributed by atoms with van der Waals surface area (Å²) < 4.78 is 11.3. The number of hydrogen-bond donors (Lipinski definition) is 2. The van der Waals surface area contributed by atoms with Crippen LogP contribution in [0.25, 0.3) is 0 Å². The van der Waals surface area contributed by atoms with Crippen LogP contribution in [0.2, 0.25) is 0 Å². The lowest BCUT2D eigenvalue weighted by atomic mass is 9.99. The first-order valence-electron chi connectivity index (χ1n) is 7.85. The molecule has 2 unspecified atom stereocenters. The van der Waals surface area contributed by atoms with Gasteiger partial charge in [-0.15, -0.1) is 0 Å². The molecule has 4 nitrogen and oxygen atoms in total. The zero-order chi connectivity index (χ0) is 15.0. The van der Waals surface area contributed by atoms with Crippen LogP contribution in [0.3, 0.4) is 0 Å². The third-order valence-corrected chi connectivity index (χ3v) is 4.01. The minimum Gasteiger partial charge on any atom is -0.394 e. The molecule has 0 bridgehead atoms. The van der Waals surface area contributed by atoms with E-state index in [1.54, 1.807) is 0 Å². The third-order valence-electron chi connectivity index (χ3n) is 4.01. The van der Waals surface area contributed by atoms with Crippen molar-refractivity contribution in [3.63, 3.8) is 0 Å². The molecule has 2 rings (SSSR count). The van der Waals surface area contributed by atoms with Crippen molar-refractivity contribution in [2.24, 2.45) is 0 Å². The molecule has 1 aliphatic rings. The highest BCUT2D eigenvalue weighted by atomic mass is 16.7. The van der Waals surface area contributed by atoms with Crippen LogP contribution < -0.4 is 5.32 Å². The maximum absolute atomic E-state index is 9.65. The van der Waals surface area contributed by atoms with Gasteiger partial charge in [0.05, 0.1) is 13.2 Å². The standard InChI is InChI=1S/C17H27NO3/c1-17(14-19,18-13-15-7-3-2-4-8-15)10-12-21-16-9-5-6-11-20-16/h2-4,7-8,16,18-19H,5-6,9-14H2,1H3. The molecular formula is C17H27NO3. The third kappa shape index (κ3) is 5.75. The molecule has 0 aromatic heterocycles. The summed E-state index contributed by atoms with van der Waals surface area (Å²) in [4.78, 5) is 0. The van der Waals surface area contributed by atoms with Crippen molar-refractivity contribution in [3.05, 3.63) is 35.9 Å². The van der Waals surface area contributed by atoms with Gasteiger partial charge in [-0.1, -0.05) is 30.3 Å². The van der Waals surface area contributed by atoms with E-state index in [-0.39, 0.29) is 18.4 Å². The first kappa shape index (κ1) is 16.4. The van der Waals surface area contributed by atoms with E-state index >= 15 is 0 Å². The first-order chi connectivity index (χ1) is 10.2. The van der Waals surface area contributed by atoms with Crippen molar-refractivity contribution < 1.29 is 14.6 Å². The lowest BCUT2D eigenvalue weighted by Crippen LogP contribution is -2.46. The number of ether oxygens (including phenoxy) is 2. The minimum atomic E-state index is -0.329. The fourth-order valence-electron chi connectivity index (χ4n) is 2.39. The molecule has 0 radical (unpaired) electrons. The first-order valence-corrected chi connectivity index (χ1v) is 7.85. The zero-order valence-corrected chi connectivity index (χ0v) is 12.9. The molecule has 1 heterocycles. The normalized spacial score (nSPS) is 21.9. The highest BCUT2D eigenvalue weighted by Crippen LogP contribution is 2.16. The van der Waals surface area contributed by atoms with Gasteiger partial charge in [-0.3, -0.25) is 0 Å². The Hall–Kier alpha value is -0.940. The number of nitrogens with one attached hydrogen (secondary N) is 1. The van der Waals surface area contributed by atoms with E-state index < -0.39 is 0 Å². The van der Waals surface area contributed by atoms with E-state index in [9.17, 15) is 5.11 Å². The predicted molar refractivity (Wildman–Crippen MR) is 82.9 cm³/mol. The van der Waals surface area contributed by atoms with Crippen LogP contribution in [0.4, 0.5) is 0 Å². The van der Waals surface area contributed by atoms with Gasteiger partial charge in [0.1, 0.15) is 0 Å². The topological polar surface area (TPSA) is 50.7 Å². The fraction of sp³-hybridized carbons (Fsp3) is 0.647. The van der Waals surface area contributed by atoms with Gasteiger partial charge in [0.25, 0.3) is 0 Å². The summed E-state index contributed by atoms with van der Waals surface area (Å²) >= 11 is 0. The molecular weight excluding hydrogens is 266 g/mol. The molecule has 4 heteroatoms. The number of hydrogen-bond acceptors (Lipinski definition) is 4. The molecule has 1 aromatic rings. The maximum atomic E-state index is 9.65. The molecule has 0 aliphatic carbocycles. The predicted octanol–water partition coefficient (Wildman–Crippen LogP) is 2.46. The Morgan fingerprint density at radius 2 is 2.14 bits per heavy atom. The van der Waals surface area contributed by atoms with Gasteiger partial charge < -0.3 is 19.9 Å². The molecule has 1 saturated heterocycles. The Morgan fingerprint density at radius 1 is 1.33 bits per heavy atom. The number of aliphatic hydroxyl groups is 1. The van der Waals surface area contributed by atoms with E-state index in [4.69, 9.17) is 9.47 Å². The second-order valence-electron chi connectivity index (χ2n) is 5.97. The Balaban J connectivity index is 1.72. The van der Waals surface area contributed by atoms with Crippen molar-refractivity contribution in [2.45, 2.75) is 51.0 Å². The molecule has 2 atom stereocenters. The van der Waals surface area contributed by atoms with Crippen molar-refractivity contribution >= 4 is 0 Å². The zero-order valence-electron chi connectivity index (χ0n) is 12.9.